The van der Waals surface area contributed by atoms with Crippen molar-refractivity contribution >= 4 is 36.2 Å². The van der Waals surface area contributed by atoms with Crippen molar-refractivity contribution in [1.29, 1.82) is 0 Å². The lowest BCUT2D eigenvalue weighted by Gasteiger charge is -2.30. The summed E-state index contributed by atoms with van der Waals surface area (Å²) in [5, 5.41) is 14.2. The van der Waals surface area contributed by atoms with E-state index < -0.39 is 30.7 Å². The molecule has 212 valence electrons. The standard InChI is InChI=1S/C28H35ClFN2O6P/c1-27(2,3)37-39(35,38-28(4,5)6)36-13-7-8-19-14-21-24(23(30)15-19)31-17-22(25(21)33)26(34)32-16-18-9-11-20(29)12-10-18/h9-12,14-15,17H,7-8,13,16H2,1-6H3,(H,31,33)(H,32,34). The van der Waals surface area contributed by atoms with Gasteiger partial charge in [0.25, 0.3) is 5.91 Å². The van der Waals surface area contributed by atoms with E-state index in [9.17, 15) is 18.9 Å². The number of rotatable bonds is 10. The number of carbonyl (C=O) groups excluding carboxylic acids is 1. The number of benzene rings is 2. The van der Waals surface area contributed by atoms with Gasteiger partial charge in [0.1, 0.15) is 22.6 Å². The van der Waals surface area contributed by atoms with Crippen molar-refractivity contribution in [3.8, 4) is 5.75 Å². The molecule has 0 fully saturated rings. The van der Waals surface area contributed by atoms with Gasteiger partial charge in [-0.15, -0.1) is 0 Å². The Morgan fingerprint density at radius 1 is 1.05 bits per heavy atom. The van der Waals surface area contributed by atoms with Crippen LogP contribution in [0.3, 0.4) is 0 Å². The second-order valence-corrected chi connectivity index (χ2v) is 13.0. The van der Waals surface area contributed by atoms with Gasteiger partial charge in [-0.25, -0.2) is 8.96 Å². The zero-order chi connectivity index (χ0) is 29.0. The van der Waals surface area contributed by atoms with Crippen LogP contribution in [0.2, 0.25) is 5.02 Å². The summed E-state index contributed by atoms with van der Waals surface area (Å²) >= 11 is 5.89. The maximum absolute atomic E-state index is 14.8. The third kappa shape index (κ3) is 9.26. The molecule has 0 saturated carbocycles. The van der Waals surface area contributed by atoms with E-state index in [4.69, 9.17) is 25.2 Å². The number of aromatic nitrogens is 1. The van der Waals surface area contributed by atoms with Crippen LogP contribution in [0, 0.1) is 5.82 Å². The molecule has 8 nitrogen and oxygen atoms in total. The number of phosphoric acid groups is 1. The van der Waals surface area contributed by atoms with E-state index in [1.807, 2.05) is 0 Å². The summed E-state index contributed by atoms with van der Waals surface area (Å²) in [7, 11) is -3.86. The summed E-state index contributed by atoms with van der Waals surface area (Å²) in [5.74, 6) is -1.55. The summed E-state index contributed by atoms with van der Waals surface area (Å²) in [6.45, 7) is 10.7. The number of nitrogens with zero attached hydrogens (tertiary/aromatic N) is 1. The molecule has 0 bridgehead atoms. The smallest absolute Gasteiger partial charge is 0.475 e. The maximum atomic E-state index is 14.8. The van der Waals surface area contributed by atoms with E-state index in [0.717, 1.165) is 11.8 Å². The molecule has 39 heavy (non-hydrogen) atoms. The first-order valence-corrected chi connectivity index (χ1v) is 14.4. The van der Waals surface area contributed by atoms with E-state index in [-0.39, 0.29) is 35.4 Å². The van der Waals surface area contributed by atoms with Crippen molar-refractivity contribution in [2.24, 2.45) is 0 Å². The van der Waals surface area contributed by atoms with Gasteiger partial charge in [-0.1, -0.05) is 23.7 Å². The maximum Gasteiger partial charge on any atom is 0.475 e. The number of hydrogen-bond acceptors (Lipinski definition) is 7. The van der Waals surface area contributed by atoms with E-state index >= 15 is 0 Å². The molecule has 0 spiro atoms. The Morgan fingerprint density at radius 2 is 1.67 bits per heavy atom. The first-order valence-electron chi connectivity index (χ1n) is 12.5. The molecule has 11 heteroatoms. The lowest BCUT2D eigenvalue weighted by atomic mass is 10.0. The highest BCUT2D eigenvalue weighted by Gasteiger charge is 2.37. The third-order valence-corrected chi connectivity index (χ3v) is 7.49. The van der Waals surface area contributed by atoms with E-state index in [2.05, 4.69) is 10.3 Å². The molecular weight excluding hydrogens is 546 g/mol. The highest BCUT2D eigenvalue weighted by molar-refractivity contribution is 7.48. The lowest BCUT2D eigenvalue weighted by molar-refractivity contribution is 0.00314. The molecule has 0 saturated heterocycles. The molecular formula is C28H35ClFN2O6P. The van der Waals surface area contributed by atoms with Gasteiger partial charge in [-0.3, -0.25) is 23.3 Å². The zero-order valence-electron chi connectivity index (χ0n) is 23.0. The summed E-state index contributed by atoms with van der Waals surface area (Å²) in [5.41, 5.74) is -0.277. The predicted molar refractivity (Wildman–Crippen MR) is 150 cm³/mol. The van der Waals surface area contributed by atoms with Gasteiger partial charge in [0.15, 0.2) is 0 Å². The molecule has 0 atom stereocenters. The van der Waals surface area contributed by atoms with Gasteiger partial charge in [0.2, 0.25) is 0 Å². The average molecular weight is 581 g/mol. The van der Waals surface area contributed by atoms with Crippen LogP contribution in [-0.2, 0) is 31.1 Å². The minimum atomic E-state index is -3.86. The minimum absolute atomic E-state index is 0.0282. The summed E-state index contributed by atoms with van der Waals surface area (Å²) in [6, 6.07) is 9.86. The van der Waals surface area contributed by atoms with E-state index in [0.29, 0.717) is 23.4 Å². The van der Waals surface area contributed by atoms with Gasteiger partial charge >= 0.3 is 7.82 Å². The number of fused-ring (bicyclic) bond motifs is 1. The van der Waals surface area contributed by atoms with Gasteiger partial charge in [0.05, 0.1) is 17.8 Å². The molecule has 0 aliphatic rings. The largest absolute Gasteiger partial charge is 0.506 e. The summed E-state index contributed by atoms with van der Waals surface area (Å²) in [6.07, 6.45) is 1.85. The fourth-order valence-corrected chi connectivity index (χ4v) is 5.65. The van der Waals surface area contributed by atoms with E-state index in [1.165, 1.54) is 6.07 Å². The molecule has 1 amide bonds. The number of halogens is 2. The first-order chi connectivity index (χ1) is 18.1. The Balaban J connectivity index is 1.71. The number of nitrogens with one attached hydrogen (secondary N) is 1. The van der Waals surface area contributed by atoms with Gasteiger partial charge in [-0.05, 0) is 89.8 Å². The number of pyridine rings is 1. The molecule has 0 aliphatic carbocycles. The molecule has 2 N–H and O–H groups in total. The normalized spacial score (nSPS) is 12.6. The van der Waals surface area contributed by atoms with Crippen LogP contribution < -0.4 is 5.32 Å². The number of aryl methyl sites for hydroxylation is 1. The molecule has 3 aromatic rings. The van der Waals surface area contributed by atoms with Crippen LogP contribution >= 0.6 is 19.4 Å². The SMILES string of the molecule is CC(C)(C)OP(=O)(OCCCc1cc(F)c2ncc(C(=O)NCc3ccc(Cl)cc3)c(O)c2c1)OC(C)(C)C. The summed E-state index contributed by atoms with van der Waals surface area (Å²) < 4.78 is 44.8. The van der Waals surface area contributed by atoms with Crippen LogP contribution in [0.15, 0.2) is 42.6 Å². The van der Waals surface area contributed by atoms with Crippen molar-refractivity contribution in [2.75, 3.05) is 6.61 Å². The zero-order valence-corrected chi connectivity index (χ0v) is 24.7. The molecule has 3 rings (SSSR count). The minimum Gasteiger partial charge on any atom is -0.506 e. The van der Waals surface area contributed by atoms with E-state index in [1.54, 1.807) is 71.9 Å². The fraction of sp³-hybridized carbons (Fsp3) is 0.429. The van der Waals surface area contributed by atoms with Crippen molar-refractivity contribution in [1.82, 2.24) is 10.3 Å². The number of hydrogen-bond donors (Lipinski definition) is 2. The second-order valence-electron chi connectivity index (χ2n) is 11.1. The topological polar surface area (TPSA) is 107 Å². The fourth-order valence-electron chi connectivity index (χ4n) is 3.69. The van der Waals surface area contributed by atoms with Gasteiger partial charge in [0, 0.05) is 23.2 Å². The first kappa shape index (κ1) is 31.0. The average Bonchev–Trinajstić information content (AvgIpc) is 2.79. The Morgan fingerprint density at radius 3 is 2.26 bits per heavy atom. The van der Waals surface area contributed by atoms with Crippen LogP contribution in [0.4, 0.5) is 4.39 Å². The highest BCUT2D eigenvalue weighted by Crippen LogP contribution is 2.55. The highest BCUT2D eigenvalue weighted by atomic mass is 35.5. The van der Waals surface area contributed by atoms with Crippen molar-refractivity contribution in [2.45, 2.75) is 72.1 Å². The van der Waals surface area contributed by atoms with Crippen LogP contribution in [-0.4, -0.2) is 33.8 Å². The number of aromatic hydroxyl groups is 1. The van der Waals surface area contributed by atoms with Gasteiger partial charge in [-0.2, -0.15) is 0 Å². The number of phosphoric ester groups is 1. The molecule has 2 aromatic carbocycles. The molecule has 0 unspecified atom stereocenters. The van der Waals surface area contributed by atoms with Crippen LogP contribution in [0.5, 0.6) is 5.75 Å². The Kier molecular flexibility index (Phi) is 9.78. The van der Waals surface area contributed by atoms with Crippen molar-refractivity contribution in [3.63, 3.8) is 0 Å². The Hall–Kier alpha value is -2.55. The van der Waals surface area contributed by atoms with Crippen LogP contribution in [0.1, 0.15) is 69.4 Å². The monoisotopic (exact) mass is 580 g/mol. The van der Waals surface area contributed by atoms with Gasteiger partial charge < -0.3 is 10.4 Å². The van der Waals surface area contributed by atoms with Crippen molar-refractivity contribution < 1.29 is 32.4 Å². The third-order valence-electron chi connectivity index (χ3n) is 5.20. The van der Waals surface area contributed by atoms with Crippen LogP contribution in [0.25, 0.3) is 10.9 Å². The van der Waals surface area contributed by atoms with Crippen molar-refractivity contribution in [3.05, 3.63) is 70.1 Å². The molecule has 0 radical (unpaired) electrons. The predicted octanol–water partition coefficient (Wildman–Crippen LogP) is 7.35. The Labute approximate surface area is 233 Å². The Bertz CT molecular complexity index is 1350. The number of carbonyl (C=O) groups is 1. The molecule has 1 aromatic heterocycles. The molecule has 1 heterocycles. The quantitative estimate of drug-likeness (QED) is 0.191. The second kappa shape index (κ2) is 12.3. The summed E-state index contributed by atoms with van der Waals surface area (Å²) in [4.78, 5) is 16.8. The molecule has 0 aliphatic heterocycles. The number of amides is 1. The lowest BCUT2D eigenvalue weighted by Crippen LogP contribution is -2.24.